The molecule has 138 valence electrons. The van der Waals surface area contributed by atoms with E-state index in [1.807, 2.05) is 12.1 Å². The van der Waals surface area contributed by atoms with E-state index >= 15 is 0 Å². The zero-order valence-corrected chi connectivity index (χ0v) is 21.5. The highest BCUT2D eigenvalue weighted by Gasteiger charge is 1.95. The Bertz CT molecular complexity index is 772. The number of halogens is 5. The van der Waals surface area contributed by atoms with Crippen molar-refractivity contribution >= 4 is 86.3 Å². The highest BCUT2D eigenvalue weighted by molar-refractivity contribution is 14.1. The standard InChI is InChI=1S/C6H4Br2O.C6H4BrIO.C6H5BrO/c7-4-1-2-6(9)5(8)3-4;7-5-3-4(8)1-2-6(5)9;7-5-1-3-6(8)4-2-5/h2*1-3,9H;1-4,8H. The maximum Gasteiger partial charge on any atom is 0.129 e. The predicted octanol–water partition coefficient (Wildman–Crippen LogP) is 7.83. The van der Waals surface area contributed by atoms with Crippen molar-refractivity contribution in [2.45, 2.75) is 0 Å². The first-order valence-corrected chi connectivity index (χ1v) is 11.2. The van der Waals surface area contributed by atoms with Crippen molar-refractivity contribution in [1.82, 2.24) is 0 Å². The molecule has 8 heteroatoms. The van der Waals surface area contributed by atoms with E-state index in [9.17, 15) is 0 Å². The van der Waals surface area contributed by atoms with Gasteiger partial charge >= 0.3 is 0 Å². The molecule has 0 amide bonds. The summed E-state index contributed by atoms with van der Waals surface area (Å²) in [4.78, 5) is 0. The molecule has 0 radical (unpaired) electrons. The van der Waals surface area contributed by atoms with Crippen molar-refractivity contribution in [3.05, 3.63) is 82.1 Å². The maximum absolute atomic E-state index is 8.99. The highest BCUT2D eigenvalue weighted by atomic mass is 127. The van der Waals surface area contributed by atoms with E-state index in [0.29, 0.717) is 10.2 Å². The van der Waals surface area contributed by atoms with E-state index in [1.54, 1.807) is 48.5 Å². The van der Waals surface area contributed by atoms with Crippen molar-refractivity contribution in [2.24, 2.45) is 0 Å². The Balaban J connectivity index is 0.000000195. The average molecular weight is 724 g/mol. The van der Waals surface area contributed by atoms with E-state index in [-0.39, 0.29) is 11.5 Å². The topological polar surface area (TPSA) is 60.7 Å². The summed E-state index contributed by atoms with van der Waals surface area (Å²) >= 11 is 15.0. The van der Waals surface area contributed by atoms with Gasteiger partial charge < -0.3 is 15.3 Å². The molecule has 3 aromatic carbocycles. The first kappa shape index (κ1) is 23.7. The van der Waals surface area contributed by atoms with Crippen LogP contribution in [0.3, 0.4) is 0 Å². The largest absolute Gasteiger partial charge is 0.508 e. The van der Waals surface area contributed by atoms with Crippen LogP contribution in [0.1, 0.15) is 0 Å². The van der Waals surface area contributed by atoms with E-state index in [1.165, 1.54) is 0 Å². The summed E-state index contributed by atoms with van der Waals surface area (Å²) in [5.41, 5.74) is 0. The van der Waals surface area contributed by atoms with Gasteiger partial charge in [0.05, 0.1) is 8.95 Å². The lowest BCUT2D eigenvalue weighted by molar-refractivity contribution is 0.471. The molecule has 0 aliphatic rings. The Morgan fingerprint density at radius 2 is 1.04 bits per heavy atom. The highest BCUT2D eigenvalue weighted by Crippen LogP contribution is 2.26. The van der Waals surface area contributed by atoms with Crippen LogP contribution >= 0.6 is 86.3 Å². The number of hydrogen-bond acceptors (Lipinski definition) is 3. The van der Waals surface area contributed by atoms with Crippen molar-refractivity contribution < 1.29 is 15.3 Å². The summed E-state index contributed by atoms with van der Waals surface area (Å²) in [7, 11) is 0. The minimum atomic E-state index is 0.262. The van der Waals surface area contributed by atoms with Crippen molar-refractivity contribution in [1.29, 1.82) is 0 Å². The van der Waals surface area contributed by atoms with Gasteiger partial charge in [-0.15, -0.1) is 0 Å². The summed E-state index contributed by atoms with van der Waals surface area (Å²) < 4.78 is 4.49. The van der Waals surface area contributed by atoms with Crippen LogP contribution in [-0.2, 0) is 0 Å². The molecular weight excluding hydrogens is 711 g/mol. The van der Waals surface area contributed by atoms with Crippen LogP contribution in [-0.4, -0.2) is 15.3 Å². The van der Waals surface area contributed by atoms with Gasteiger partial charge in [-0.25, -0.2) is 0 Å². The monoisotopic (exact) mass is 720 g/mol. The number of phenols is 3. The van der Waals surface area contributed by atoms with Crippen molar-refractivity contribution in [2.75, 3.05) is 0 Å². The van der Waals surface area contributed by atoms with Crippen LogP contribution in [0.4, 0.5) is 0 Å². The van der Waals surface area contributed by atoms with E-state index in [2.05, 4.69) is 86.3 Å². The van der Waals surface area contributed by atoms with E-state index in [0.717, 1.165) is 17.0 Å². The van der Waals surface area contributed by atoms with Crippen LogP contribution in [0.2, 0.25) is 0 Å². The molecule has 0 saturated carbocycles. The second kappa shape index (κ2) is 12.2. The summed E-state index contributed by atoms with van der Waals surface area (Å²) in [6, 6.07) is 17.4. The van der Waals surface area contributed by atoms with E-state index < -0.39 is 0 Å². The summed E-state index contributed by atoms with van der Waals surface area (Å²) in [6.07, 6.45) is 0. The van der Waals surface area contributed by atoms with Gasteiger partial charge in [0.15, 0.2) is 0 Å². The van der Waals surface area contributed by atoms with Gasteiger partial charge in [0.1, 0.15) is 17.2 Å². The minimum Gasteiger partial charge on any atom is -0.508 e. The first-order valence-electron chi connectivity index (χ1n) is 6.91. The molecule has 0 heterocycles. The molecule has 0 aliphatic carbocycles. The third-order valence-electron chi connectivity index (χ3n) is 2.65. The summed E-state index contributed by atoms with van der Waals surface area (Å²) in [6.45, 7) is 0. The van der Waals surface area contributed by atoms with Gasteiger partial charge in [0.2, 0.25) is 0 Å². The lowest BCUT2D eigenvalue weighted by Gasteiger charge is -1.94. The van der Waals surface area contributed by atoms with Gasteiger partial charge in [-0.3, -0.25) is 0 Å². The smallest absolute Gasteiger partial charge is 0.129 e. The van der Waals surface area contributed by atoms with E-state index in [4.69, 9.17) is 15.3 Å². The number of benzene rings is 3. The fourth-order valence-electron chi connectivity index (χ4n) is 1.40. The van der Waals surface area contributed by atoms with Crippen LogP contribution in [0.25, 0.3) is 0 Å². The number of hydrogen-bond donors (Lipinski definition) is 3. The lowest BCUT2D eigenvalue weighted by Crippen LogP contribution is -1.70. The lowest BCUT2D eigenvalue weighted by atomic mass is 10.3. The number of phenolic OH excluding ortho intramolecular Hbond substituents is 3. The minimum absolute atomic E-state index is 0.262. The Kier molecular flexibility index (Phi) is 11.2. The second-order valence-corrected chi connectivity index (χ2v) is 9.45. The molecule has 0 spiro atoms. The fourth-order valence-corrected chi connectivity index (χ4v) is 4.01. The average Bonchev–Trinajstić information content (AvgIpc) is 2.59. The van der Waals surface area contributed by atoms with Gasteiger partial charge in [0, 0.05) is 12.5 Å². The van der Waals surface area contributed by atoms with Gasteiger partial charge in [0.25, 0.3) is 0 Å². The zero-order chi connectivity index (χ0) is 19.7. The molecule has 0 unspecified atom stereocenters. The van der Waals surface area contributed by atoms with Crippen molar-refractivity contribution in [3.8, 4) is 17.2 Å². The van der Waals surface area contributed by atoms with Crippen LogP contribution in [0, 0.1) is 3.57 Å². The Hall–Kier alpha value is -0.290. The van der Waals surface area contributed by atoms with Crippen LogP contribution in [0.5, 0.6) is 17.2 Å². The maximum atomic E-state index is 8.99. The molecule has 26 heavy (non-hydrogen) atoms. The third-order valence-corrected chi connectivity index (χ3v) is 5.61. The van der Waals surface area contributed by atoms with Crippen LogP contribution in [0.15, 0.2) is 78.6 Å². The molecule has 0 atom stereocenters. The Morgan fingerprint density at radius 3 is 1.42 bits per heavy atom. The SMILES string of the molecule is Oc1ccc(Br)cc1.Oc1ccc(Br)cc1Br.Oc1ccc(I)cc1Br. The molecule has 0 aromatic heterocycles. The first-order chi connectivity index (χ1) is 12.2. The predicted molar refractivity (Wildman–Crippen MR) is 128 cm³/mol. The molecule has 0 fully saturated rings. The zero-order valence-electron chi connectivity index (χ0n) is 13.0. The molecule has 3 nitrogen and oxygen atoms in total. The molecule has 3 rings (SSSR count). The normalized spacial score (nSPS) is 9.42. The molecular formula is C18H13Br4IO3. The Morgan fingerprint density at radius 1 is 0.577 bits per heavy atom. The van der Waals surface area contributed by atoms with Gasteiger partial charge in [-0.1, -0.05) is 31.9 Å². The molecule has 0 aliphatic heterocycles. The van der Waals surface area contributed by atoms with Crippen LogP contribution < -0.4 is 0 Å². The number of aromatic hydroxyl groups is 3. The second-order valence-electron chi connectivity index (χ2n) is 4.67. The van der Waals surface area contributed by atoms with Crippen molar-refractivity contribution in [3.63, 3.8) is 0 Å². The Labute approximate surface area is 199 Å². The molecule has 3 aromatic rings. The summed E-state index contributed by atoms with van der Waals surface area (Å²) in [5, 5.41) is 26.7. The summed E-state index contributed by atoms with van der Waals surface area (Å²) in [5.74, 6) is 0.849. The molecule has 0 bridgehead atoms. The molecule has 0 saturated heterocycles. The van der Waals surface area contributed by atoms with Gasteiger partial charge in [-0.05, 0) is 115 Å². The quantitative estimate of drug-likeness (QED) is 0.208. The molecule has 3 N–H and O–H groups in total. The van der Waals surface area contributed by atoms with Gasteiger partial charge in [-0.2, -0.15) is 0 Å². The number of rotatable bonds is 0. The third kappa shape index (κ3) is 9.59. The fraction of sp³-hybridized carbons (Fsp3) is 0.